The minimum Gasteiger partial charge on any atom is -0.384 e. The molecule has 186 valence electrons. The molecule has 0 aliphatic heterocycles. The molecule has 4 aromatic rings. The van der Waals surface area contributed by atoms with E-state index in [0.29, 0.717) is 23.4 Å². The maximum Gasteiger partial charge on any atom is 0.231 e. The monoisotopic (exact) mass is 483 g/mol. The summed E-state index contributed by atoms with van der Waals surface area (Å²) in [6.45, 7) is 1.00. The number of nitrogen functional groups attached to an aromatic ring is 1. The first kappa shape index (κ1) is 23.9. The van der Waals surface area contributed by atoms with Gasteiger partial charge in [-0.05, 0) is 67.3 Å². The summed E-state index contributed by atoms with van der Waals surface area (Å²) < 4.78 is 0. The maximum absolute atomic E-state index is 12.0. The number of hydrogen-bond acceptors (Lipinski definition) is 6. The molecule has 8 nitrogen and oxygen atoms in total. The number of primary amides is 1. The van der Waals surface area contributed by atoms with Gasteiger partial charge in [0.15, 0.2) is 0 Å². The number of rotatable bonds is 9. The van der Waals surface area contributed by atoms with Crippen LogP contribution in [-0.2, 0) is 4.79 Å². The summed E-state index contributed by atoms with van der Waals surface area (Å²) in [5.74, 6) is 0.736. The Labute approximate surface area is 211 Å². The number of nitrogens with one attached hydrogen (secondary N) is 1. The molecular weight excluding hydrogens is 450 g/mol. The summed E-state index contributed by atoms with van der Waals surface area (Å²) in [4.78, 5) is 18.6. The van der Waals surface area contributed by atoms with Gasteiger partial charge in [-0.3, -0.25) is 9.69 Å². The Morgan fingerprint density at radius 1 is 1.00 bits per heavy atom. The first-order chi connectivity index (χ1) is 17.6. The molecule has 1 aliphatic rings. The number of aromatic amines is 1. The van der Waals surface area contributed by atoms with Gasteiger partial charge in [-0.2, -0.15) is 10.3 Å². The standard InChI is InChI=1S/C28H33N7O/c29-25-17-24(27-28(31-25)33-34-32-27)23(21-9-5-2-6-10-21)15-16-35(18-26(30)36)22-13-11-20(12-14-22)19-7-3-1-4-8-19/h1-10,17,20,22-23H,11-16,18H2,(H2,30,36)(H3,29,31,32,33,34)/t20?,22?,23-/m1/s1. The van der Waals surface area contributed by atoms with Crippen LogP contribution in [0, 0.1) is 0 Å². The van der Waals surface area contributed by atoms with E-state index in [9.17, 15) is 4.79 Å². The third-order valence-corrected chi connectivity index (χ3v) is 7.47. The molecule has 5 N–H and O–H groups in total. The fourth-order valence-electron chi connectivity index (χ4n) is 5.72. The van der Waals surface area contributed by atoms with Crippen molar-refractivity contribution in [1.29, 1.82) is 0 Å². The summed E-state index contributed by atoms with van der Waals surface area (Å²) >= 11 is 0. The number of carbonyl (C=O) groups is 1. The molecule has 0 saturated heterocycles. The van der Waals surface area contributed by atoms with Crippen molar-refractivity contribution in [2.75, 3.05) is 18.8 Å². The molecule has 1 atom stereocenters. The van der Waals surface area contributed by atoms with Crippen molar-refractivity contribution in [2.45, 2.75) is 50.0 Å². The zero-order valence-electron chi connectivity index (χ0n) is 20.4. The van der Waals surface area contributed by atoms with E-state index < -0.39 is 0 Å². The number of fused-ring (bicyclic) bond motifs is 1. The minimum absolute atomic E-state index is 0.0279. The summed E-state index contributed by atoms with van der Waals surface area (Å²) in [6, 6.07) is 23.3. The fraction of sp³-hybridized carbons (Fsp3) is 0.357. The zero-order chi connectivity index (χ0) is 24.9. The summed E-state index contributed by atoms with van der Waals surface area (Å²) in [6.07, 6.45) is 5.14. The van der Waals surface area contributed by atoms with E-state index >= 15 is 0 Å². The van der Waals surface area contributed by atoms with Crippen LogP contribution in [0.25, 0.3) is 11.2 Å². The molecule has 5 rings (SSSR count). The summed E-state index contributed by atoms with van der Waals surface area (Å²) in [7, 11) is 0. The molecule has 1 amide bonds. The van der Waals surface area contributed by atoms with Crippen molar-refractivity contribution in [3.05, 3.63) is 83.4 Å². The first-order valence-corrected chi connectivity index (χ1v) is 12.7. The highest BCUT2D eigenvalue weighted by Crippen LogP contribution is 2.36. The van der Waals surface area contributed by atoms with Crippen molar-refractivity contribution >= 4 is 22.9 Å². The van der Waals surface area contributed by atoms with Crippen LogP contribution in [0.2, 0.25) is 0 Å². The Hall–Kier alpha value is -3.78. The van der Waals surface area contributed by atoms with Crippen LogP contribution in [0.3, 0.4) is 0 Å². The number of H-pyrrole nitrogens is 1. The first-order valence-electron chi connectivity index (χ1n) is 12.7. The molecule has 1 aliphatic carbocycles. The highest BCUT2D eigenvalue weighted by molar-refractivity contribution is 5.77. The van der Waals surface area contributed by atoms with Crippen LogP contribution in [0.15, 0.2) is 66.7 Å². The molecule has 8 heteroatoms. The fourth-order valence-corrected chi connectivity index (χ4v) is 5.72. The molecule has 0 unspecified atom stereocenters. The number of pyridine rings is 1. The van der Waals surface area contributed by atoms with Gasteiger partial charge in [0.25, 0.3) is 0 Å². The Balaban J connectivity index is 1.36. The number of benzene rings is 2. The van der Waals surface area contributed by atoms with Gasteiger partial charge in [-0.25, -0.2) is 4.98 Å². The number of aromatic nitrogens is 4. The highest BCUT2D eigenvalue weighted by atomic mass is 16.1. The van der Waals surface area contributed by atoms with Crippen LogP contribution >= 0.6 is 0 Å². The predicted octanol–water partition coefficient (Wildman–Crippen LogP) is 3.97. The molecule has 0 spiro atoms. The number of anilines is 1. The average Bonchev–Trinajstić information content (AvgIpc) is 3.37. The molecule has 36 heavy (non-hydrogen) atoms. The largest absolute Gasteiger partial charge is 0.384 e. The van der Waals surface area contributed by atoms with Gasteiger partial charge in [0, 0.05) is 12.0 Å². The van der Waals surface area contributed by atoms with Crippen LogP contribution < -0.4 is 11.5 Å². The van der Waals surface area contributed by atoms with Gasteiger partial charge in [0.05, 0.1) is 6.54 Å². The Morgan fingerprint density at radius 2 is 1.69 bits per heavy atom. The van der Waals surface area contributed by atoms with E-state index in [1.807, 2.05) is 24.3 Å². The van der Waals surface area contributed by atoms with Gasteiger partial charge in [-0.15, -0.1) is 5.10 Å². The molecule has 1 saturated carbocycles. The lowest BCUT2D eigenvalue weighted by Crippen LogP contribution is -2.43. The van der Waals surface area contributed by atoms with Crippen LogP contribution in [0.5, 0.6) is 0 Å². The van der Waals surface area contributed by atoms with Gasteiger partial charge in [-0.1, -0.05) is 60.7 Å². The second kappa shape index (κ2) is 10.9. The molecule has 2 aromatic heterocycles. The quantitative estimate of drug-likeness (QED) is 0.331. The van der Waals surface area contributed by atoms with E-state index in [-0.39, 0.29) is 18.4 Å². The number of nitrogens with two attached hydrogens (primary N) is 2. The normalized spacial score (nSPS) is 18.9. The van der Waals surface area contributed by atoms with Gasteiger partial charge < -0.3 is 11.5 Å². The van der Waals surface area contributed by atoms with Crippen molar-refractivity contribution in [1.82, 2.24) is 25.3 Å². The molecule has 1 fully saturated rings. The lowest BCUT2D eigenvalue weighted by molar-refractivity contribution is -0.119. The van der Waals surface area contributed by atoms with E-state index in [0.717, 1.165) is 49.7 Å². The smallest absolute Gasteiger partial charge is 0.231 e. The van der Waals surface area contributed by atoms with Crippen molar-refractivity contribution in [2.24, 2.45) is 5.73 Å². The van der Waals surface area contributed by atoms with Crippen molar-refractivity contribution < 1.29 is 4.79 Å². The van der Waals surface area contributed by atoms with Gasteiger partial charge in [0.2, 0.25) is 11.6 Å². The number of carbonyl (C=O) groups excluding carboxylic acids is 1. The van der Waals surface area contributed by atoms with Crippen molar-refractivity contribution in [3.8, 4) is 0 Å². The molecule has 2 heterocycles. The molecule has 0 bridgehead atoms. The van der Waals surface area contributed by atoms with E-state index in [2.05, 4.69) is 67.8 Å². The Bertz CT molecular complexity index is 1280. The molecule has 0 radical (unpaired) electrons. The maximum atomic E-state index is 12.0. The zero-order valence-corrected chi connectivity index (χ0v) is 20.4. The lowest BCUT2D eigenvalue weighted by atomic mass is 9.81. The second-order valence-electron chi connectivity index (χ2n) is 9.74. The van der Waals surface area contributed by atoms with E-state index in [1.165, 1.54) is 11.1 Å². The second-order valence-corrected chi connectivity index (χ2v) is 9.74. The molecule has 2 aromatic carbocycles. The summed E-state index contributed by atoms with van der Waals surface area (Å²) in [5.41, 5.74) is 16.6. The van der Waals surface area contributed by atoms with Gasteiger partial charge in [0.1, 0.15) is 11.3 Å². The van der Waals surface area contributed by atoms with Crippen LogP contribution in [0.1, 0.15) is 60.6 Å². The third kappa shape index (κ3) is 5.39. The van der Waals surface area contributed by atoms with Gasteiger partial charge >= 0.3 is 0 Å². The number of nitrogens with zero attached hydrogens (tertiary/aromatic N) is 4. The predicted molar refractivity (Wildman–Crippen MR) is 141 cm³/mol. The lowest BCUT2D eigenvalue weighted by Gasteiger charge is -2.37. The van der Waals surface area contributed by atoms with Crippen LogP contribution in [0.4, 0.5) is 5.82 Å². The van der Waals surface area contributed by atoms with E-state index in [1.54, 1.807) is 0 Å². The highest BCUT2D eigenvalue weighted by Gasteiger charge is 2.29. The Morgan fingerprint density at radius 3 is 2.39 bits per heavy atom. The Kier molecular flexibility index (Phi) is 7.23. The third-order valence-electron chi connectivity index (χ3n) is 7.47. The number of hydrogen-bond donors (Lipinski definition) is 3. The number of amides is 1. The van der Waals surface area contributed by atoms with Crippen LogP contribution in [-0.4, -0.2) is 50.3 Å². The summed E-state index contributed by atoms with van der Waals surface area (Å²) in [5, 5.41) is 11.2. The van der Waals surface area contributed by atoms with E-state index in [4.69, 9.17) is 11.5 Å². The SMILES string of the molecule is NC(=O)CN(CC[C@H](c1ccccc1)c1cc(N)nc2n[nH]nc12)C1CCC(c2ccccc2)CC1. The minimum atomic E-state index is -0.288. The molecular formula is C28H33N7O. The topological polar surface area (TPSA) is 127 Å². The van der Waals surface area contributed by atoms with Crippen molar-refractivity contribution in [3.63, 3.8) is 0 Å². The average molecular weight is 484 g/mol.